The Hall–Kier alpha value is -3.62. The van der Waals surface area contributed by atoms with Crippen molar-refractivity contribution in [2.75, 3.05) is 0 Å². The molecule has 0 saturated heterocycles. The fourth-order valence-corrected chi connectivity index (χ4v) is 3.56. The van der Waals surface area contributed by atoms with E-state index in [-0.39, 0.29) is 14.8 Å². The molecule has 0 N–H and O–H groups in total. The van der Waals surface area contributed by atoms with Gasteiger partial charge in [-0.2, -0.15) is 23.7 Å². The van der Waals surface area contributed by atoms with Crippen LogP contribution in [-0.2, 0) is 6.18 Å². The zero-order valence-electron chi connectivity index (χ0n) is 14.1. The van der Waals surface area contributed by atoms with Crippen molar-refractivity contribution in [1.82, 2.24) is 4.57 Å². The highest BCUT2D eigenvalue weighted by molar-refractivity contribution is 7.07. The minimum atomic E-state index is -4.45. The quantitative estimate of drug-likeness (QED) is 0.668. The summed E-state index contributed by atoms with van der Waals surface area (Å²) in [6.45, 7) is 0. The van der Waals surface area contributed by atoms with Crippen molar-refractivity contribution >= 4 is 23.0 Å². The summed E-state index contributed by atoms with van der Waals surface area (Å²) in [5, 5.41) is 18.4. The topological polar surface area (TPSA) is 69.6 Å². The molecule has 0 unspecified atom stereocenters. The summed E-state index contributed by atoms with van der Waals surface area (Å²) >= 11 is 0.933. The van der Waals surface area contributed by atoms with Crippen LogP contribution >= 0.6 is 11.3 Å². The molecule has 0 fully saturated rings. The van der Waals surface area contributed by atoms with Crippen LogP contribution in [0.5, 0.6) is 0 Å². The zero-order valence-corrected chi connectivity index (χ0v) is 14.9. The number of nitriles is 2. The molecule has 2 aromatic carbocycles. The summed E-state index contributed by atoms with van der Waals surface area (Å²) in [6, 6.07) is 16.4. The number of hydrogen-bond acceptors (Lipinski definition) is 4. The molecule has 1 heterocycles. The lowest BCUT2D eigenvalue weighted by molar-refractivity contribution is -0.137. The first-order valence-electron chi connectivity index (χ1n) is 7.86. The van der Waals surface area contributed by atoms with E-state index in [4.69, 9.17) is 0 Å². The van der Waals surface area contributed by atoms with E-state index in [1.165, 1.54) is 22.8 Å². The average molecular weight is 397 g/mol. The van der Waals surface area contributed by atoms with Gasteiger partial charge in [0.05, 0.1) is 15.8 Å². The largest absolute Gasteiger partial charge is 0.416 e. The van der Waals surface area contributed by atoms with Crippen LogP contribution in [0.1, 0.15) is 11.1 Å². The number of halogens is 3. The molecule has 138 valence electrons. The first-order valence-corrected chi connectivity index (χ1v) is 8.67. The number of thiazole rings is 1. The molecule has 4 nitrogen and oxygen atoms in total. The fourth-order valence-electron chi connectivity index (χ4n) is 2.50. The summed E-state index contributed by atoms with van der Waals surface area (Å²) in [6.07, 6.45) is -3.01. The van der Waals surface area contributed by atoms with Gasteiger partial charge in [-0.3, -0.25) is 9.36 Å². The molecule has 3 rings (SSSR count). The van der Waals surface area contributed by atoms with Crippen molar-refractivity contribution < 1.29 is 13.2 Å². The molecule has 0 saturated carbocycles. The smallest absolute Gasteiger partial charge is 0.267 e. The Labute approximate surface area is 161 Å². The summed E-state index contributed by atoms with van der Waals surface area (Å²) in [7, 11) is 0. The second kappa shape index (κ2) is 7.55. The Bertz CT molecular complexity index is 1260. The molecule has 0 radical (unpaired) electrons. The molecule has 0 aliphatic heterocycles. The Morgan fingerprint density at radius 2 is 1.61 bits per heavy atom. The predicted molar refractivity (Wildman–Crippen MR) is 98.8 cm³/mol. The van der Waals surface area contributed by atoms with Gasteiger partial charge >= 0.3 is 6.18 Å². The van der Waals surface area contributed by atoms with Crippen LogP contribution in [0.25, 0.3) is 17.3 Å². The van der Waals surface area contributed by atoms with Crippen LogP contribution in [0.4, 0.5) is 13.2 Å². The molecule has 28 heavy (non-hydrogen) atoms. The molecule has 0 atom stereocenters. The number of rotatable bonds is 2. The summed E-state index contributed by atoms with van der Waals surface area (Å²) in [4.78, 5) is 12.9. The maximum Gasteiger partial charge on any atom is 0.416 e. The molecule has 3 aromatic rings. The zero-order chi connectivity index (χ0) is 20.3. The number of benzene rings is 2. The number of nitrogens with zero attached hydrogens (tertiary/aromatic N) is 3. The monoisotopic (exact) mass is 397 g/mol. The van der Waals surface area contributed by atoms with Gasteiger partial charge < -0.3 is 0 Å². The Morgan fingerprint density at radius 3 is 2.14 bits per heavy atom. The molecule has 0 amide bonds. The molecule has 0 aliphatic carbocycles. The second-order valence-electron chi connectivity index (χ2n) is 5.61. The van der Waals surface area contributed by atoms with Crippen LogP contribution in [0.3, 0.4) is 0 Å². The van der Waals surface area contributed by atoms with Gasteiger partial charge in [0.2, 0.25) is 0 Å². The van der Waals surface area contributed by atoms with E-state index in [0.29, 0.717) is 11.3 Å². The lowest BCUT2D eigenvalue weighted by Gasteiger charge is -2.05. The van der Waals surface area contributed by atoms with Crippen molar-refractivity contribution in [3.63, 3.8) is 0 Å². The van der Waals surface area contributed by atoms with Crippen molar-refractivity contribution in [3.8, 4) is 17.8 Å². The molecule has 0 aliphatic rings. The average Bonchev–Trinajstić information content (AvgIpc) is 2.99. The molecule has 0 bridgehead atoms. The third-order valence-corrected chi connectivity index (χ3v) is 4.90. The van der Waals surface area contributed by atoms with Crippen molar-refractivity contribution in [2.24, 2.45) is 0 Å². The molecular weight excluding hydrogens is 387 g/mol. The van der Waals surface area contributed by atoms with Crippen LogP contribution in [0.15, 0.2) is 59.4 Å². The fraction of sp³-hybridized carbons (Fsp3) is 0.0500. The molecule has 1 aromatic heterocycles. The Balaban J connectivity index is 2.26. The normalized spacial score (nSPS) is 11.7. The van der Waals surface area contributed by atoms with Crippen molar-refractivity contribution in [2.45, 2.75) is 6.18 Å². The third kappa shape index (κ3) is 3.73. The van der Waals surface area contributed by atoms with Gasteiger partial charge in [-0.1, -0.05) is 30.3 Å². The minimum Gasteiger partial charge on any atom is -0.267 e. The first-order chi connectivity index (χ1) is 13.3. The van der Waals surface area contributed by atoms with E-state index in [0.717, 1.165) is 23.5 Å². The van der Waals surface area contributed by atoms with Crippen LogP contribution < -0.4 is 14.8 Å². The van der Waals surface area contributed by atoms with E-state index >= 15 is 0 Å². The highest BCUT2D eigenvalue weighted by Gasteiger charge is 2.29. The Morgan fingerprint density at radius 1 is 1.00 bits per heavy atom. The Kier molecular flexibility index (Phi) is 5.16. The number of hydrogen-bond donors (Lipinski definition) is 0. The van der Waals surface area contributed by atoms with E-state index in [1.807, 2.05) is 0 Å². The van der Waals surface area contributed by atoms with Gasteiger partial charge in [0.1, 0.15) is 16.8 Å². The highest BCUT2D eigenvalue weighted by atomic mass is 32.1. The minimum absolute atomic E-state index is 0.166. The SMILES string of the molecule is N#CC(C#N)=c1s/c(=C\c2ccc(C(F)(F)F)cc2)c(=O)n1-c1ccccc1. The predicted octanol–water partition coefficient (Wildman–Crippen LogP) is 2.94. The van der Waals surface area contributed by atoms with Gasteiger partial charge in [0.15, 0.2) is 5.57 Å². The number of aromatic nitrogens is 1. The van der Waals surface area contributed by atoms with Crippen LogP contribution in [-0.4, -0.2) is 4.57 Å². The molecular formula is C20H10F3N3OS. The standard InChI is InChI=1S/C20H10F3N3OS/c21-20(22,23)15-8-6-13(7-9-15)10-17-18(27)26(16-4-2-1-3-5-16)19(28-17)14(11-24)12-25/h1-10H/b17-10-. The number of para-hydroxylation sites is 1. The maximum absolute atomic E-state index is 12.9. The highest BCUT2D eigenvalue weighted by Crippen LogP contribution is 2.29. The summed E-state index contributed by atoms with van der Waals surface area (Å²) < 4.78 is 39.7. The lowest BCUT2D eigenvalue weighted by atomic mass is 10.1. The molecule has 8 heteroatoms. The summed E-state index contributed by atoms with van der Waals surface area (Å²) in [5.41, 5.74) is -0.600. The first kappa shape index (κ1) is 19.2. The van der Waals surface area contributed by atoms with E-state index in [9.17, 15) is 28.5 Å². The van der Waals surface area contributed by atoms with E-state index in [1.54, 1.807) is 42.5 Å². The van der Waals surface area contributed by atoms with E-state index in [2.05, 4.69) is 0 Å². The second-order valence-corrected chi connectivity index (χ2v) is 6.64. The molecule has 0 spiro atoms. The number of alkyl halides is 3. The van der Waals surface area contributed by atoms with Gasteiger partial charge in [-0.25, -0.2) is 0 Å². The van der Waals surface area contributed by atoms with Gasteiger partial charge in [0, 0.05) is 0 Å². The lowest BCUT2D eigenvalue weighted by Crippen LogP contribution is -2.30. The summed E-state index contributed by atoms with van der Waals surface area (Å²) in [5.74, 6) is 0. The van der Waals surface area contributed by atoms with E-state index < -0.39 is 17.3 Å². The van der Waals surface area contributed by atoms with Crippen molar-refractivity contribution in [3.05, 3.63) is 85.3 Å². The van der Waals surface area contributed by atoms with Crippen molar-refractivity contribution in [1.29, 1.82) is 10.5 Å². The van der Waals surface area contributed by atoms with Gasteiger partial charge in [-0.15, -0.1) is 11.3 Å². The maximum atomic E-state index is 12.9. The van der Waals surface area contributed by atoms with Crippen LogP contribution in [0.2, 0.25) is 0 Å². The van der Waals surface area contributed by atoms with Gasteiger partial charge in [0.25, 0.3) is 5.56 Å². The third-order valence-electron chi connectivity index (χ3n) is 3.81. The van der Waals surface area contributed by atoms with Crippen LogP contribution in [0, 0.1) is 22.7 Å². The van der Waals surface area contributed by atoms with Gasteiger partial charge in [-0.05, 0) is 35.9 Å².